The van der Waals surface area contributed by atoms with E-state index in [0.717, 1.165) is 23.4 Å². The Labute approximate surface area is 211 Å². The van der Waals surface area contributed by atoms with Gasteiger partial charge in [-0.3, -0.25) is 0 Å². The van der Waals surface area contributed by atoms with Crippen LogP contribution in [0.5, 0.6) is 0 Å². The SMILES string of the molecule is NC1=C(NC2C=CC(c3ccc(-c4ccc5ccccc5c4)cc3)=CC2)c2cccc3cccc1c23. The lowest BCUT2D eigenvalue weighted by atomic mass is 9.94. The van der Waals surface area contributed by atoms with E-state index in [1.54, 1.807) is 0 Å². The van der Waals surface area contributed by atoms with E-state index >= 15 is 0 Å². The van der Waals surface area contributed by atoms with E-state index in [2.05, 4.69) is 127 Å². The second-order valence-electron chi connectivity index (χ2n) is 9.64. The van der Waals surface area contributed by atoms with Gasteiger partial charge in [0.2, 0.25) is 0 Å². The summed E-state index contributed by atoms with van der Waals surface area (Å²) in [5.74, 6) is 0. The van der Waals surface area contributed by atoms with Gasteiger partial charge in [0.05, 0.1) is 11.4 Å². The van der Waals surface area contributed by atoms with Crippen LogP contribution in [0, 0.1) is 0 Å². The molecule has 2 heteroatoms. The van der Waals surface area contributed by atoms with Gasteiger partial charge in [0, 0.05) is 22.6 Å². The zero-order valence-electron chi connectivity index (χ0n) is 19.9. The molecule has 1 unspecified atom stereocenters. The standard InChI is InChI=1S/C34H26N2/c35-33-30-9-3-7-26-8-4-10-31(32(26)30)34(33)36-29-19-17-24(18-20-29)23-11-13-25(14-12-23)28-16-15-22-5-1-2-6-27(22)21-28/h1-19,21,29,36H,20,35H2. The molecule has 0 saturated heterocycles. The van der Waals surface area contributed by atoms with Crippen molar-refractivity contribution in [1.82, 2.24) is 5.32 Å². The van der Waals surface area contributed by atoms with Gasteiger partial charge in [-0.25, -0.2) is 0 Å². The monoisotopic (exact) mass is 462 g/mol. The molecule has 5 aromatic carbocycles. The van der Waals surface area contributed by atoms with Crippen molar-refractivity contribution >= 4 is 38.5 Å². The van der Waals surface area contributed by atoms with Crippen molar-refractivity contribution < 1.29 is 0 Å². The van der Waals surface area contributed by atoms with Crippen LogP contribution in [-0.4, -0.2) is 6.04 Å². The van der Waals surface area contributed by atoms with Gasteiger partial charge in [-0.15, -0.1) is 0 Å². The first kappa shape index (κ1) is 20.8. The Morgan fingerprint density at radius 1 is 0.639 bits per heavy atom. The second kappa shape index (κ2) is 8.28. The van der Waals surface area contributed by atoms with Crippen molar-refractivity contribution in [3.05, 3.63) is 138 Å². The Morgan fingerprint density at radius 3 is 2.11 bits per heavy atom. The number of allylic oxidation sites excluding steroid dienone is 2. The number of hydrogen-bond acceptors (Lipinski definition) is 2. The molecule has 0 heterocycles. The second-order valence-corrected chi connectivity index (χ2v) is 9.64. The molecule has 0 spiro atoms. The summed E-state index contributed by atoms with van der Waals surface area (Å²) in [6.07, 6.45) is 7.73. The average Bonchev–Trinajstić information content (AvgIpc) is 3.21. The first-order valence-corrected chi connectivity index (χ1v) is 12.5. The Balaban J connectivity index is 1.09. The topological polar surface area (TPSA) is 38.0 Å². The molecule has 3 N–H and O–H groups in total. The van der Waals surface area contributed by atoms with Crippen molar-refractivity contribution in [3.63, 3.8) is 0 Å². The van der Waals surface area contributed by atoms with Crippen molar-refractivity contribution in [2.75, 3.05) is 0 Å². The van der Waals surface area contributed by atoms with Gasteiger partial charge in [-0.05, 0) is 50.9 Å². The van der Waals surface area contributed by atoms with E-state index in [4.69, 9.17) is 5.73 Å². The van der Waals surface area contributed by atoms with Crippen LogP contribution in [0.3, 0.4) is 0 Å². The van der Waals surface area contributed by atoms with Crippen LogP contribution in [0.15, 0.2) is 121 Å². The zero-order chi connectivity index (χ0) is 24.1. The minimum atomic E-state index is 0.212. The maximum absolute atomic E-state index is 6.59. The van der Waals surface area contributed by atoms with E-state index in [0.29, 0.717) is 0 Å². The predicted octanol–water partition coefficient (Wildman–Crippen LogP) is 7.76. The van der Waals surface area contributed by atoms with Gasteiger partial charge in [-0.1, -0.05) is 115 Å². The lowest BCUT2D eigenvalue weighted by Gasteiger charge is -2.21. The van der Waals surface area contributed by atoms with Gasteiger partial charge in [-0.2, -0.15) is 0 Å². The molecule has 0 amide bonds. The molecule has 5 aromatic rings. The smallest absolute Gasteiger partial charge is 0.0665 e. The summed E-state index contributed by atoms with van der Waals surface area (Å²) in [7, 11) is 0. The van der Waals surface area contributed by atoms with Crippen LogP contribution in [-0.2, 0) is 0 Å². The molecule has 0 radical (unpaired) electrons. The molecule has 0 bridgehead atoms. The highest BCUT2D eigenvalue weighted by Gasteiger charge is 2.23. The minimum Gasteiger partial charge on any atom is -0.397 e. The number of nitrogens with one attached hydrogen (secondary N) is 1. The van der Waals surface area contributed by atoms with E-state index in [1.165, 1.54) is 49.4 Å². The molecular formula is C34H26N2. The average molecular weight is 463 g/mol. The fourth-order valence-electron chi connectivity index (χ4n) is 5.56. The number of hydrogen-bond donors (Lipinski definition) is 2. The van der Waals surface area contributed by atoms with E-state index in [1.807, 2.05) is 0 Å². The molecule has 2 aliphatic rings. The molecule has 0 saturated carbocycles. The highest BCUT2D eigenvalue weighted by molar-refractivity contribution is 6.12. The van der Waals surface area contributed by atoms with Gasteiger partial charge in [0.15, 0.2) is 0 Å². The Hall–Kier alpha value is -4.56. The van der Waals surface area contributed by atoms with Crippen LogP contribution in [0.25, 0.3) is 49.6 Å². The fourth-order valence-corrected chi connectivity index (χ4v) is 5.56. The van der Waals surface area contributed by atoms with E-state index < -0.39 is 0 Å². The van der Waals surface area contributed by atoms with Crippen molar-refractivity contribution in [1.29, 1.82) is 0 Å². The molecule has 7 rings (SSSR count). The predicted molar refractivity (Wildman–Crippen MR) is 153 cm³/mol. The summed E-state index contributed by atoms with van der Waals surface area (Å²) in [6, 6.07) is 37.1. The third-order valence-electron chi connectivity index (χ3n) is 7.46. The van der Waals surface area contributed by atoms with Crippen LogP contribution in [0.4, 0.5) is 0 Å². The van der Waals surface area contributed by atoms with Crippen LogP contribution >= 0.6 is 0 Å². The number of fused-ring (bicyclic) bond motifs is 1. The molecule has 2 aliphatic carbocycles. The third-order valence-corrected chi connectivity index (χ3v) is 7.46. The maximum atomic E-state index is 6.59. The molecule has 36 heavy (non-hydrogen) atoms. The number of benzene rings is 5. The molecule has 0 fully saturated rings. The molecule has 172 valence electrons. The molecule has 2 nitrogen and oxygen atoms in total. The lowest BCUT2D eigenvalue weighted by Crippen LogP contribution is -2.27. The third kappa shape index (κ3) is 3.42. The molecule has 0 aliphatic heterocycles. The Bertz CT molecular complexity index is 1730. The maximum Gasteiger partial charge on any atom is 0.0665 e. The largest absolute Gasteiger partial charge is 0.397 e. The van der Waals surface area contributed by atoms with Crippen molar-refractivity contribution in [2.45, 2.75) is 12.5 Å². The highest BCUT2D eigenvalue weighted by atomic mass is 14.9. The molecule has 1 atom stereocenters. The molecule has 0 aromatic heterocycles. The van der Waals surface area contributed by atoms with Crippen molar-refractivity contribution in [3.8, 4) is 11.1 Å². The van der Waals surface area contributed by atoms with Crippen LogP contribution < -0.4 is 11.1 Å². The van der Waals surface area contributed by atoms with Gasteiger partial charge in [0.25, 0.3) is 0 Å². The first-order valence-electron chi connectivity index (χ1n) is 12.5. The summed E-state index contributed by atoms with van der Waals surface area (Å²) >= 11 is 0. The summed E-state index contributed by atoms with van der Waals surface area (Å²) in [5.41, 5.74) is 15.8. The first-order chi connectivity index (χ1) is 17.7. The van der Waals surface area contributed by atoms with E-state index in [-0.39, 0.29) is 6.04 Å². The van der Waals surface area contributed by atoms with Gasteiger partial charge >= 0.3 is 0 Å². The van der Waals surface area contributed by atoms with Gasteiger partial charge in [0.1, 0.15) is 0 Å². The van der Waals surface area contributed by atoms with Gasteiger partial charge < -0.3 is 11.1 Å². The summed E-state index contributed by atoms with van der Waals surface area (Å²) < 4.78 is 0. The minimum absolute atomic E-state index is 0.212. The van der Waals surface area contributed by atoms with Crippen molar-refractivity contribution in [2.24, 2.45) is 5.73 Å². The Kier molecular flexibility index (Phi) is 4.78. The fraction of sp³-hybridized carbons (Fsp3) is 0.0588. The number of rotatable bonds is 4. The molecular weight excluding hydrogens is 436 g/mol. The highest BCUT2D eigenvalue weighted by Crippen LogP contribution is 2.39. The van der Waals surface area contributed by atoms with Crippen LogP contribution in [0.2, 0.25) is 0 Å². The summed E-state index contributed by atoms with van der Waals surface area (Å²) in [4.78, 5) is 0. The van der Waals surface area contributed by atoms with E-state index in [9.17, 15) is 0 Å². The lowest BCUT2D eigenvalue weighted by molar-refractivity contribution is 0.721. The normalized spacial score (nSPS) is 16.6. The quantitative estimate of drug-likeness (QED) is 0.286. The summed E-state index contributed by atoms with van der Waals surface area (Å²) in [5, 5.41) is 8.75. The Morgan fingerprint density at radius 2 is 1.33 bits per heavy atom. The van der Waals surface area contributed by atoms with Crippen LogP contribution in [0.1, 0.15) is 23.1 Å². The zero-order valence-corrected chi connectivity index (χ0v) is 19.9. The summed E-state index contributed by atoms with van der Waals surface area (Å²) in [6.45, 7) is 0. The number of nitrogens with two attached hydrogens (primary N) is 1.